The maximum absolute atomic E-state index is 6.13. The number of hydrogen-bond acceptors (Lipinski definition) is 4. The molecule has 0 bridgehead atoms. The minimum Gasteiger partial charge on any atom is -0.311 e. The second-order valence-corrected chi connectivity index (χ2v) is 29.5. The topological polar surface area (TPSA) is 22.6 Å². The molecule has 1 aromatic heterocycles. The fourth-order valence-electron chi connectivity index (χ4n) is 12.3. The number of nitrogens with zero attached hydrogens (tertiary/aromatic N) is 4. The van der Waals surface area contributed by atoms with Crippen LogP contribution in [-0.2, 0) is 10.8 Å². The summed E-state index contributed by atoms with van der Waals surface area (Å²) in [5.74, 6) is 1.77. The van der Waals surface area contributed by atoms with Gasteiger partial charge in [-0.25, -0.2) is 4.98 Å². The van der Waals surface area contributed by atoms with Gasteiger partial charge in [0, 0.05) is 39.7 Å². The number of hydrogen-bond donors (Lipinski definition) is 0. The van der Waals surface area contributed by atoms with Crippen LogP contribution < -0.4 is 36.3 Å². The Kier molecular flexibility index (Phi) is 11.7. The lowest BCUT2D eigenvalue weighted by molar-refractivity contribution is 0.590. The number of aromatic nitrogens is 1. The highest BCUT2D eigenvalue weighted by Gasteiger charge is 2.45. The predicted octanol–water partition coefficient (Wildman–Crippen LogP) is 17.4. The summed E-state index contributed by atoms with van der Waals surface area (Å²) in [6.07, 6.45) is 0. The van der Waals surface area contributed by atoms with Crippen LogP contribution in [0.15, 0.2) is 231 Å². The molecule has 0 radical (unpaired) electrons. The van der Waals surface area contributed by atoms with E-state index < -0.39 is 8.07 Å². The van der Waals surface area contributed by atoms with Gasteiger partial charge in [0.15, 0.2) is 0 Å². The predicted molar refractivity (Wildman–Crippen MR) is 339 cm³/mol. The van der Waals surface area contributed by atoms with E-state index >= 15 is 0 Å². The summed E-state index contributed by atoms with van der Waals surface area (Å²) in [5, 5.41) is 6.36. The summed E-state index contributed by atoms with van der Waals surface area (Å²) in [6, 6.07) is 86.0. The molecule has 0 amide bonds. The van der Waals surface area contributed by atoms with Gasteiger partial charge in [-0.05, 0) is 149 Å². The van der Waals surface area contributed by atoms with Gasteiger partial charge in [-0.1, -0.05) is 224 Å². The van der Waals surface area contributed by atoms with Crippen LogP contribution in [-0.4, -0.2) is 19.8 Å². The molecule has 0 spiro atoms. The molecule has 6 heteroatoms. The van der Waals surface area contributed by atoms with Crippen molar-refractivity contribution >= 4 is 109 Å². The Labute approximate surface area is 462 Å². The summed E-state index contributed by atoms with van der Waals surface area (Å²) in [7, 11) is -1.92. The van der Waals surface area contributed by atoms with Crippen LogP contribution in [0.3, 0.4) is 0 Å². The van der Waals surface area contributed by atoms with Crippen molar-refractivity contribution in [1.29, 1.82) is 0 Å². The average molecular weight is 1030 g/mol. The maximum Gasteiger partial charge on any atom is 0.254 e. The summed E-state index contributed by atoms with van der Waals surface area (Å²) in [6.45, 7) is 21.2. The van der Waals surface area contributed by atoms with Crippen molar-refractivity contribution in [3.8, 4) is 22.3 Å². The van der Waals surface area contributed by atoms with Crippen LogP contribution in [0.5, 0.6) is 0 Å². The zero-order valence-electron chi connectivity index (χ0n) is 46.3. The van der Waals surface area contributed by atoms with Gasteiger partial charge in [0.2, 0.25) is 0 Å². The third-order valence-electron chi connectivity index (χ3n) is 16.3. The van der Waals surface area contributed by atoms with Crippen LogP contribution in [0.25, 0.3) is 43.8 Å². The molecule has 2 aliphatic rings. The Balaban J connectivity index is 1.11. The SMILES string of the molecule is CC(C)(C)c1ccc(N(c2cccc(-c3ccc(C(C)(C)C)c4ccccc34)c2)c2ccc3c(n2)N(c2ccccc2)c2cc([Si](C)(C)C)cc4c2B3c2ccccc2N4c2ccccc2)c(-c2cccc3ccccc23)c1. The second-order valence-electron chi connectivity index (χ2n) is 24.4. The largest absolute Gasteiger partial charge is 0.311 e. The van der Waals surface area contributed by atoms with Crippen LogP contribution in [0.2, 0.25) is 19.6 Å². The van der Waals surface area contributed by atoms with Crippen LogP contribution in [0, 0.1) is 0 Å². The first-order valence-electron chi connectivity index (χ1n) is 27.7. The molecule has 0 saturated heterocycles. The molecular weight excluding hydrogens is 960 g/mol. The molecule has 0 unspecified atom stereocenters. The van der Waals surface area contributed by atoms with Gasteiger partial charge < -0.3 is 4.90 Å². The first kappa shape index (κ1) is 49.1. The first-order chi connectivity index (χ1) is 37.6. The van der Waals surface area contributed by atoms with Gasteiger partial charge in [0.05, 0.1) is 13.8 Å². The Hall–Kier alpha value is -8.45. The minimum atomic E-state index is -1.92. The smallest absolute Gasteiger partial charge is 0.254 e. The van der Waals surface area contributed by atoms with E-state index in [0.29, 0.717) is 0 Å². The molecule has 0 atom stereocenters. The molecule has 0 fully saturated rings. The maximum atomic E-state index is 6.13. The normalized spacial score (nSPS) is 13.1. The summed E-state index contributed by atoms with van der Waals surface area (Å²) >= 11 is 0. The molecule has 3 heterocycles. The highest BCUT2D eigenvalue weighted by Crippen LogP contribution is 2.48. The molecule has 2 aliphatic heterocycles. The molecule has 0 saturated carbocycles. The van der Waals surface area contributed by atoms with E-state index in [2.05, 4.69) is 306 Å². The highest BCUT2D eigenvalue weighted by molar-refractivity contribution is 7.00. The number of pyridine rings is 1. The lowest BCUT2D eigenvalue weighted by atomic mass is 9.33. The lowest BCUT2D eigenvalue weighted by Crippen LogP contribution is -2.62. The summed E-state index contributed by atoms with van der Waals surface area (Å²) in [4.78, 5) is 13.5. The number of para-hydroxylation sites is 3. The molecular formula is C72H65BN4Si. The van der Waals surface area contributed by atoms with E-state index in [9.17, 15) is 0 Å². The molecule has 0 aliphatic carbocycles. The number of fused-ring (bicyclic) bond motifs is 6. The molecule has 4 nitrogen and oxygen atoms in total. The fraction of sp³-hybridized carbons (Fsp3) is 0.153. The first-order valence-corrected chi connectivity index (χ1v) is 31.2. The van der Waals surface area contributed by atoms with E-state index in [-0.39, 0.29) is 17.5 Å². The zero-order valence-corrected chi connectivity index (χ0v) is 47.3. The monoisotopic (exact) mass is 1020 g/mol. The van der Waals surface area contributed by atoms with Crippen molar-refractivity contribution in [2.45, 2.75) is 72.0 Å². The molecule has 13 rings (SSSR count). The van der Waals surface area contributed by atoms with E-state index in [4.69, 9.17) is 4.98 Å². The molecule has 380 valence electrons. The Morgan fingerprint density at radius 2 is 1.08 bits per heavy atom. The van der Waals surface area contributed by atoms with Gasteiger partial charge >= 0.3 is 0 Å². The second kappa shape index (κ2) is 18.6. The standard InChI is InChI=1S/C72H65BN4Si/c1-71(2,3)50-38-42-64(60(45-50)58-35-23-25-48-24-16-17-32-55(48)58)76(53-31-22-26-49(44-53)56-39-40-61(72(4,5)6)59-34-19-18-33-57(56)59)68-43-41-63-70(74-68)77(52-29-14-11-15-30-52)67-47-54(78(7,8)9)46-66-69(67)73(63)62-36-20-21-37-65(62)75(66)51-27-12-10-13-28-51/h10-47H,1-9H3. The van der Waals surface area contributed by atoms with Gasteiger partial charge in [-0.15, -0.1) is 0 Å². The van der Waals surface area contributed by atoms with E-state index in [1.165, 1.54) is 82.4 Å². The zero-order chi connectivity index (χ0) is 53.7. The lowest BCUT2D eigenvalue weighted by Gasteiger charge is -2.44. The van der Waals surface area contributed by atoms with Gasteiger partial charge in [0.1, 0.15) is 11.6 Å². The quantitative estimate of drug-likeness (QED) is 0.141. The van der Waals surface area contributed by atoms with Gasteiger partial charge in [-0.2, -0.15) is 0 Å². The Morgan fingerprint density at radius 1 is 0.449 bits per heavy atom. The Bertz CT molecular complexity index is 4130. The van der Waals surface area contributed by atoms with Crippen molar-refractivity contribution in [3.63, 3.8) is 0 Å². The number of anilines is 9. The number of rotatable bonds is 8. The van der Waals surface area contributed by atoms with Crippen molar-refractivity contribution in [3.05, 3.63) is 242 Å². The Morgan fingerprint density at radius 3 is 1.79 bits per heavy atom. The van der Waals surface area contributed by atoms with E-state index in [1.807, 2.05) is 0 Å². The average Bonchev–Trinajstić information content (AvgIpc) is 3.20. The molecule has 78 heavy (non-hydrogen) atoms. The highest BCUT2D eigenvalue weighted by atomic mass is 28.3. The summed E-state index contributed by atoms with van der Waals surface area (Å²) in [5.41, 5.74) is 18.9. The van der Waals surface area contributed by atoms with Crippen molar-refractivity contribution in [1.82, 2.24) is 4.98 Å². The van der Waals surface area contributed by atoms with E-state index in [1.54, 1.807) is 0 Å². The van der Waals surface area contributed by atoms with Gasteiger partial charge in [0.25, 0.3) is 6.71 Å². The van der Waals surface area contributed by atoms with Crippen molar-refractivity contribution in [2.24, 2.45) is 0 Å². The third-order valence-corrected chi connectivity index (χ3v) is 18.3. The summed E-state index contributed by atoms with van der Waals surface area (Å²) < 4.78 is 0. The van der Waals surface area contributed by atoms with Crippen molar-refractivity contribution in [2.75, 3.05) is 14.7 Å². The van der Waals surface area contributed by atoms with Crippen LogP contribution >= 0.6 is 0 Å². The minimum absolute atomic E-state index is 0.0148. The molecule has 10 aromatic carbocycles. The molecule has 11 aromatic rings. The molecule has 0 N–H and O–H groups in total. The number of benzene rings is 10. The van der Waals surface area contributed by atoms with Gasteiger partial charge in [-0.3, -0.25) is 9.80 Å². The van der Waals surface area contributed by atoms with Crippen LogP contribution in [0.4, 0.5) is 51.4 Å². The van der Waals surface area contributed by atoms with E-state index in [0.717, 1.165) is 45.5 Å². The van der Waals surface area contributed by atoms with Crippen molar-refractivity contribution < 1.29 is 0 Å². The fourth-order valence-corrected chi connectivity index (χ4v) is 13.5. The van der Waals surface area contributed by atoms with Crippen LogP contribution in [0.1, 0.15) is 52.7 Å². The third kappa shape index (κ3) is 8.33.